The van der Waals surface area contributed by atoms with Gasteiger partial charge in [-0.1, -0.05) is 6.92 Å². The normalized spacial score (nSPS) is 25.4. The molecular formula is C24H31F2N3O. The van der Waals surface area contributed by atoms with Gasteiger partial charge in [-0.15, -0.1) is 0 Å². The van der Waals surface area contributed by atoms with Crippen molar-refractivity contribution in [2.24, 2.45) is 17.8 Å². The van der Waals surface area contributed by atoms with Gasteiger partial charge in [0.15, 0.2) is 0 Å². The van der Waals surface area contributed by atoms with Crippen LogP contribution in [0.1, 0.15) is 44.6 Å². The summed E-state index contributed by atoms with van der Waals surface area (Å²) in [6.07, 6.45) is 2.48. The summed E-state index contributed by atoms with van der Waals surface area (Å²) < 4.78 is 26.9. The standard InChI is InChI=1S/C24H31F2N3O/c1-16-10-18(12-19(30)11-17-7-9-28(2)14-17)15-29(13-16)22-6-5-21(24(25)26)23-20(22)4-3-8-27-23/h3-6,8,16-18,24H,7,9-15H2,1-2H3/t16-,17?,18-/m0/s1. The van der Waals surface area contributed by atoms with E-state index in [1.807, 2.05) is 6.07 Å². The molecular weight excluding hydrogens is 384 g/mol. The number of pyridine rings is 1. The lowest BCUT2D eigenvalue weighted by Crippen LogP contribution is -2.40. The van der Waals surface area contributed by atoms with Crippen molar-refractivity contribution in [3.05, 3.63) is 36.0 Å². The van der Waals surface area contributed by atoms with E-state index < -0.39 is 6.43 Å². The third-order valence-corrected chi connectivity index (χ3v) is 6.62. The lowest BCUT2D eigenvalue weighted by Gasteiger charge is -2.38. The van der Waals surface area contributed by atoms with Gasteiger partial charge in [0.25, 0.3) is 6.43 Å². The fourth-order valence-corrected chi connectivity index (χ4v) is 5.38. The summed E-state index contributed by atoms with van der Waals surface area (Å²) in [4.78, 5) is 21.5. The van der Waals surface area contributed by atoms with E-state index in [0.29, 0.717) is 41.9 Å². The van der Waals surface area contributed by atoms with Crippen LogP contribution in [0.5, 0.6) is 0 Å². The van der Waals surface area contributed by atoms with Gasteiger partial charge < -0.3 is 9.80 Å². The first-order valence-electron chi connectivity index (χ1n) is 11.0. The molecule has 0 radical (unpaired) electrons. The van der Waals surface area contributed by atoms with Crippen LogP contribution in [0.4, 0.5) is 14.5 Å². The van der Waals surface area contributed by atoms with Crippen molar-refractivity contribution in [3.8, 4) is 0 Å². The topological polar surface area (TPSA) is 36.4 Å². The van der Waals surface area contributed by atoms with Crippen molar-refractivity contribution in [2.75, 3.05) is 38.1 Å². The number of aromatic nitrogens is 1. The number of rotatable bonds is 6. The molecule has 2 saturated heterocycles. The second-order valence-electron chi connectivity index (χ2n) is 9.35. The third-order valence-electron chi connectivity index (χ3n) is 6.62. The van der Waals surface area contributed by atoms with Gasteiger partial charge in [-0.05, 0) is 68.5 Å². The Labute approximate surface area is 177 Å². The average Bonchev–Trinajstić information content (AvgIpc) is 3.10. The summed E-state index contributed by atoms with van der Waals surface area (Å²) in [5, 5.41) is 0.767. The number of Topliss-reactive ketones (excluding diaryl/α,β-unsaturated/α-hetero) is 1. The van der Waals surface area contributed by atoms with E-state index >= 15 is 0 Å². The first-order valence-corrected chi connectivity index (χ1v) is 11.0. The summed E-state index contributed by atoms with van der Waals surface area (Å²) in [7, 11) is 2.11. The number of hydrogen-bond acceptors (Lipinski definition) is 4. The van der Waals surface area contributed by atoms with Crippen molar-refractivity contribution in [1.29, 1.82) is 0 Å². The molecule has 0 bridgehead atoms. The molecule has 30 heavy (non-hydrogen) atoms. The smallest absolute Gasteiger partial charge is 0.265 e. The largest absolute Gasteiger partial charge is 0.370 e. The minimum atomic E-state index is -2.54. The monoisotopic (exact) mass is 415 g/mol. The van der Waals surface area contributed by atoms with E-state index in [1.54, 1.807) is 18.3 Å². The van der Waals surface area contributed by atoms with Crippen molar-refractivity contribution in [2.45, 2.75) is 39.0 Å². The third kappa shape index (κ3) is 4.64. The van der Waals surface area contributed by atoms with Gasteiger partial charge in [-0.25, -0.2) is 8.78 Å². The van der Waals surface area contributed by atoms with E-state index in [9.17, 15) is 13.6 Å². The number of nitrogens with zero attached hydrogens (tertiary/aromatic N) is 3. The number of carbonyl (C=O) groups is 1. The maximum absolute atomic E-state index is 13.4. The average molecular weight is 416 g/mol. The molecule has 0 N–H and O–H groups in total. The Morgan fingerprint density at radius 3 is 2.70 bits per heavy atom. The van der Waals surface area contributed by atoms with E-state index in [-0.39, 0.29) is 5.56 Å². The predicted molar refractivity (Wildman–Crippen MR) is 116 cm³/mol. The molecule has 0 aliphatic carbocycles. The van der Waals surface area contributed by atoms with Gasteiger partial charge in [-0.2, -0.15) is 0 Å². The van der Waals surface area contributed by atoms with Crippen LogP contribution in [0.3, 0.4) is 0 Å². The molecule has 0 spiro atoms. The fraction of sp³-hybridized carbons (Fsp3) is 0.583. The highest BCUT2D eigenvalue weighted by molar-refractivity contribution is 5.94. The number of ketones is 1. The maximum atomic E-state index is 13.4. The van der Waals surface area contributed by atoms with Crippen LogP contribution in [0.2, 0.25) is 0 Å². The van der Waals surface area contributed by atoms with Gasteiger partial charge >= 0.3 is 0 Å². The number of carbonyl (C=O) groups excluding carboxylic acids is 1. The summed E-state index contributed by atoms with van der Waals surface area (Å²) in [5.41, 5.74) is 1.30. The van der Waals surface area contributed by atoms with Crippen LogP contribution in [-0.4, -0.2) is 48.9 Å². The SMILES string of the molecule is C[C@H]1C[C@@H](CC(=O)CC2CCN(C)C2)CN(c2ccc(C(F)F)c3ncccc23)C1. The van der Waals surface area contributed by atoms with Crippen molar-refractivity contribution in [1.82, 2.24) is 9.88 Å². The minimum absolute atomic E-state index is 0.0207. The Morgan fingerprint density at radius 2 is 1.97 bits per heavy atom. The van der Waals surface area contributed by atoms with E-state index in [4.69, 9.17) is 0 Å². The first-order chi connectivity index (χ1) is 14.4. The number of benzene rings is 1. The number of halogens is 2. The zero-order chi connectivity index (χ0) is 21.3. The van der Waals surface area contributed by atoms with E-state index in [2.05, 4.69) is 28.8 Å². The highest BCUT2D eigenvalue weighted by atomic mass is 19.3. The molecule has 2 aliphatic heterocycles. The lowest BCUT2D eigenvalue weighted by atomic mass is 9.85. The number of alkyl halides is 2. The number of likely N-dealkylation sites (tertiary alicyclic amines) is 1. The van der Waals surface area contributed by atoms with Crippen molar-refractivity contribution >= 4 is 22.4 Å². The molecule has 2 aliphatic rings. The van der Waals surface area contributed by atoms with Crippen molar-refractivity contribution < 1.29 is 13.6 Å². The quantitative estimate of drug-likeness (QED) is 0.670. The van der Waals surface area contributed by atoms with Crippen LogP contribution in [0.15, 0.2) is 30.5 Å². The Bertz CT molecular complexity index is 903. The Hall–Kier alpha value is -2.08. The van der Waals surface area contributed by atoms with E-state index in [1.165, 1.54) is 6.07 Å². The number of anilines is 1. The summed E-state index contributed by atoms with van der Waals surface area (Å²) in [6, 6.07) is 6.98. The van der Waals surface area contributed by atoms with Crippen LogP contribution < -0.4 is 4.90 Å². The predicted octanol–water partition coefficient (Wildman–Crippen LogP) is 4.94. The zero-order valence-corrected chi connectivity index (χ0v) is 17.9. The Kier molecular flexibility index (Phi) is 6.32. The van der Waals surface area contributed by atoms with Crippen molar-refractivity contribution in [3.63, 3.8) is 0 Å². The number of fused-ring (bicyclic) bond motifs is 1. The summed E-state index contributed by atoms with van der Waals surface area (Å²) >= 11 is 0. The molecule has 1 aromatic heterocycles. The van der Waals surface area contributed by atoms with Gasteiger partial charge in [0.05, 0.1) is 5.52 Å². The molecule has 1 unspecified atom stereocenters. The molecule has 4 nitrogen and oxygen atoms in total. The van der Waals surface area contributed by atoms with Gasteiger partial charge in [0, 0.05) is 55.3 Å². The molecule has 0 amide bonds. The summed E-state index contributed by atoms with van der Waals surface area (Å²) in [6.45, 7) is 5.98. The molecule has 3 heterocycles. The zero-order valence-electron chi connectivity index (χ0n) is 17.9. The second-order valence-corrected chi connectivity index (χ2v) is 9.35. The van der Waals surface area contributed by atoms with Crippen LogP contribution in [0, 0.1) is 17.8 Å². The Morgan fingerprint density at radius 1 is 1.17 bits per heavy atom. The molecule has 162 valence electrons. The fourth-order valence-electron chi connectivity index (χ4n) is 5.38. The van der Waals surface area contributed by atoms with Gasteiger partial charge in [0.2, 0.25) is 0 Å². The molecule has 2 aromatic rings. The molecule has 2 fully saturated rings. The first kappa shape index (κ1) is 21.2. The van der Waals surface area contributed by atoms with Crippen LogP contribution in [-0.2, 0) is 4.79 Å². The highest BCUT2D eigenvalue weighted by Crippen LogP contribution is 2.36. The molecule has 3 atom stereocenters. The maximum Gasteiger partial charge on any atom is 0.265 e. The van der Waals surface area contributed by atoms with Gasteiger partial charge in [-0.3, -0.25) is 9.78 Å². The van der Waals surface area contributed by atoms with E-state index in [0.717, 1.165) is 50.1 Å². The molecule has 1 aromatic carbocycles. The highest BCUT2D eigenvalue weighted by Gasteiger charge is 2.29. The van der Waals surface area contributed by atoms with Gasteiger partial charge in [0.1, 0.15) is 5.78 Å². The second kappa shape index (κ2) is 8.96. The molecule has 0 saturated carbocycles. The van der Waals surface area contributed by atoms with Crippen LogP contribution >= 0.6 is 0 Å². The minimum Gasteiger partial charge on any atom is -0.370 e. The van der Waals surface area contributed by atoms with Crippen LogP contribution in [0.25, 0.3) is 10.9 Å². The lowest BCUT2D eigenvalue weighted by molar-refractivity contribution is -0.120. The Balaban J connectivity index is 1.50. The number of piperidine rings is 1. The molecule has 4 rings (SSSR count). The molecule has 6 heteroatoms. The summed E-state index contributed by atoms with van der Waals surface area (Å²) in [5.74, 6) is 1.63. The number of hydrogen-bond donors (Lipinski definition) is 0.